The Bertz CT molecular complexity index is 839. The number of carbonyl (C=O) groups excluding carboxylic acids is 2. The molecule has 1 aromatic heterocycles. The second kappa shape index (κ2) is 5.91. The van der Waals surface area contributed by atoms with Crippen LogP contribution in [0.1, 0.15) is 35.1 Å². The van der Waals surface area contributed by atoms with Gasteiger partial charge in [-0.3, -0.25) is 9.69 Å². The van der Waals surface area contributed by atoms with Gasteiger partial charge in [0.2, 0.25) is 0 Å². The summed E-state index contributed by atoms with van der Waals surface area (Å²) in [6, 6.07) is 5.02. The summed E-state index contributed by atoms with van der Waals surface area (Å²) in [5.41, 5.74) is 1.91. The van der Waals surface area contributed by atoms with Crippen molar-refractivity contribution >= 4 is 11.9 Å². The van der Waals surface area contributed by atoms with Crippen molar-refractivity contribution in [2.24, 2.45) is 0 Å². The van der Waals surface area contributed by atoms with Gasteiger partial charge >= 0.3 is 6.03 Å². The van der Waals surface area contributed by atoms with E-state index in [1.165, 1.54) is 4.90 Å². The molecule has 1 aliphatic rings. The lowest BCUT2D eigenvalue weighted by molar-refractivity contribution is -0.131. The van der Waals surface area contributed by atoms with Crippen LogP contribution < -0.4 is 10.1 Å². The topological polar surface area (TPSA) is 84.7 Å². The highest BCUT2D eigenvalue weighted by molar-refractivity contribution is 6.07. The zero-order valence-electron chi connectivity index (χ0n) is 15.0. The van der Waals surface area contributed by atoms with Crippen molar-refractivity contribution in [1.29, 1.82) is 0 Å². The fourth-order valence-corrected chi connectivity index (χ4v) is 3.11. The highest BCUT2D eigenvalue weighted by atomic mass is 16.5. The van der Waals surface area contributed by atoms with Gasteiger partial charge in [0.1, 0.15) is 17.0 Å². The summed E-state index contributed by atoms with van der Waals surface area (Å²) in [5, 5.41) is 6.68. The lowest BCUT2D eigenvalue weighted by Gasteiger charge is -2.23. The van der Waals surface area contributed by atoms with Crippen molar-refractivity contribution in [1.82, 2.24) is 15.4 Å². The Hall–Kier alpha value is -2.83. The van der Waals surface area contributed by atoms with Gasteiger partial charge in [0.25, 0.3) is 5.91 Å². The van der Waals surface area contributed by atoms with E-state index < -0.39 is 11.6 Å². The first-order valence-corrected chi connectivity index (χ1v) is 7.99. The van der Waals surface area contributed by atoms with E-state index in [-0.39, 0.29) is 12.5 Å². The van der Waals surface area contributed by atoms with Crippen LogP contribution in [0.15, 0.2) is 22.7 Å². The minimum absolute atomic E-state index is 0.135. The Morgan fingerprint density at radius 3 is 2.56 bits per heavy atom. The molecule has 0 aliphatic carbocycles. The van der Waals surface area contributed by atoms with E-state index in [2.05, 4.69) is 10.5 Å². The number of carbonyl (C=O) groups is 2. The largest absolute Gasteiger partial charge is 0.496 e. The SMILES string of the molecule is COc1ccc(C2(C)NC(=O)N(Cc3c(C)noc3C)C2=O)cc1C. The highest BCUT2D eigenvalue weighted by Crippen LogP contribution is 2.33. The smallest absolute Gasteiger partial charge is 0.325 e. The highest BCUT2D eigenvalue weighted by Gasteiger charge is 2.49. The molecule has 25 heavy (non-hydrogen) atoms. The van der Waals surface area contributed by atoms with Gasteiger partial charge in [0.05, 0.1) is 19.3 Å². The van der Waals surface area contributed by atoms with Crippen molar-refractivity contribution in [3.05, 3.63) is 46.3 Å². The summed E-state index contributed by atoms with van der Waals surface area (Å²) in [6.45, 7) is 7.29. The number of nitrogens with one attached hydrogen (secondary N) is 1. The van der Waals surface area contributed by atoms with Crippen molar-refractivity contribution in [2.75, 3.05) is 7.11 Å². The van der Waals surface area contributed by atoms with Crippen molar-refractivity contribution in [3.63, 3.8) is 0 Å². The van der Waals surface area contributed by atoms with Gasteiger partial charge < -0.3 is 14.6 Å². The number of rotatable bonds is 4. The normalized spacial score (nSPS) is 20.1. The number of amides is 3. The summed E-state index contributed by atoms with van der Waals surface area (Å²) in [7, 11) is 1.59. The number of benzene rings is 1. The van der Waals surface area contributed by atoms with E-state index >= 15 is 0 Å². The van der Waals surface area contributed by atoms with Crippen molar-refractivity contribution in [2.45, 2.75) is 39.8 Å². The van der Waals surface area contributed by atoms with Crippen LogP contribution in [0.5, 0.6) is 5.75 Å². The fourth-order valence-electron chi connectivity index (χ4n) is 3.11. The molecule has 3 amide bonds. The zero-order chi connectivity index (χ0) is 18.4. The standard InChI is InChI=1S/C18H21N3O4/c1-10-8-13(6-7-15(10)24-5)18(4)16(22)21(17(23)19-18)9-14-11(2)20-25-12(14)3/h6-8H,9H2,1-5H3,(H,19,23). The number of hydrogen-bond acceptors (Lipinski definition) is 5. The number of imide groups is 1. The maximum atomic E-state index is 13.0. The van der Waals surface area contributed by atoms with E-state index in [9.17, 15) is 9.59 Å². The van der Waals surface area contributed by atoms with E-state index in [1.54, 1.807) is 40.0 Å². The van der Waals surface area contributed by atoms with Crippen LogP contribution in [0, 0.1) is 20.8 Å². The second-order valence-electron chi connectivity index (χ2n) is 6.43. The average Bonchev–Trinajstić information content (AvgIpc) is 3.00. The molecule has 7 nitrogen and oxygen atoms in total. The first-order chi connectivity index (χ1) is 11.8. The monoisotopic (exact) mass is 343 g/mol. The number of nitrogens with zero attached hydrogens (tertiary/aromatic N) is 2. The maximum absolute atomic E-state index is 13.0. The predicted octanol–water partition coefficient (Wildman–Crippen LogP) is 2.58. The number of aromatic nitrogens is 1. The fraction of sp³-hybridized carbons (Fsp3) is 0.389. The van der Waals surface area contributed by atoms with Gasteiger partial charge in [0.15, 0.2) is 0 Å². The lowest BCUT2D eigenvalue weighted by atomic mass is 9.90. The Morgan fingerprint density at radius 2 is 2.00 bits per heavy atom. The van der Waals surface area contributed by atoms with Crippen LogP contribution in [0.2, 0.25) is 0 Å². The number of urea groups is 1. The summed E-state index contributed by atoms with van der Waals surface area (Å²) >= 11 is 0. The molecular formula is C18H21N3O4. The molecule has 132 valence electrons. The van der Waals surface area contributed by atoms with Crippen molar-refractivity contribution in [3.8, 4) is 5.75 Å². The maximum Gasteiger partial charge on any atom is 0.325 e. The Morgan fingerprint density at radius 1 is 1.28 bits per heavy atom. The quantitative estimate of drug-likeness (QED) is 0.863. The first kappa shape index (κ1) is 17.0. The summed E-state index contributed by atoms with van der Waals surface area (Å²) < 4.78 is 10.4. The number of ether oxygens (including phenoxy) is 1. The predicted molar refractivity (Wildman–Crippen MR) is 90.1 cm³/mol. The molecule has 7 heteroatoms. The van der Waals surface area contributed by atoms with Crippen molar-refractivity contribution < 1.29 is 18.8 Å². The molecule has 1 aliphatic heterocycles. The van der Waals surface area contributed by atoms with E-state index in [0.717, 1.165) is 16.9 Å². The van der Waals surface area contributed by atoms with Gasteiger partial charge in [-0.1, -0.05) is 11.2 Å². The second-order valence-corrected chi connectivity index (χ2v) is 6.43. The number of aryl methyl sites for hydroxylation is 3. The molecule has 1 saturated heterocycles. The van der Waals surface area contributed by atoms with Gasteiger partial charge in [0, 0.05) is 5.56 Å². The first-order valence-electron chi connectivity index (χ1n) is 7.99. The molecule has 1 fully saturated rings. The molecule has 0 spiro atoms. The summed E-state index contributed by atoms with van der Waals surface area (Å²) in [6.07, 6.45) is 0. The van der Waals surface area contributed by atoms with Gasteiger partial charge in [-0.05, 0) is 51.0 Å². The molecule has 2 heterocycles. The van der Waals surface area contributed by atoms with Gasteiger partial charge in [-0.2, -0.15) is 0 Å². The third-order valence-electron chi connectivity index (χ3n) is 4.74. The molecule has 0 bridgehead atoms. The number of hydrogen-bond donors (Lipinski definition) is 1. The molecule has 0 saturated carbocycles. The molecular weight excluding hydrogens is 322 g/mol. The Balaban J connectivity index is 1.93. The Kier molecular flexibility index (Phi) is 4.02. The number of methoxy groups -OCH3 is 1. The lowest BCUT2D eigenvalue weighted by Crippen LogP contribution is -2.40. The molecule has 1 N–H and O–H groups in total. The minimum atomic E-state index is -1.12. The summed E-state index contributed by atoms with van der Waals surface area (Å²) in [5.74, 6) is 1.03. The molecule has 1 unspecified atom stereocenters. The molecule has 3 rings (SSSR count). The van der Waals surface area contributed by atoms with E-state index in [4.69, 9.17) is 9.26 Å². The van der Waals surface area contributed by atoms with E-state index in [1.807, 2.05) is 13.0 Å². The zero-order valence-corrected chi connectivity index (χ0v) is 15.0. The van der Waals surface area contributed by atoms with Crippen LogP contribution in [0.25, 0.3) is 0 Å². The minimum Gasteiger partial charge on any atom is -0.496 e. The molecule has 1 atom stereocenters. The third-order valence-corrected chi connectivity index (χ3v) is 4.74. The van der Waals surface area contributed by atoms with Gasteiger partial charge in [-0.25, -0.2) is 4.79 Å². The van der Waals surface area contributed by atoms with E-state index in [0.29, 0.717) is 17.0 Å². The van der Waals surface area contributed by atoms with Crippen LogP contribution in [0.3, 0.4) is 0 Å². The Labute approximate surface area is 145 Å². The van der Waals surface area contributed by atoms with Crippen LogP contribution in [-0.4, -0.2) is 29.1 Å². The third kappa shape index (κ3) is 2.65. The summed E-state index contributed by atoms with van der Waals surface area (Å²) in [4.78, 5) is 26.7. The molecule has 2 aromatic rings. The molecule has 1 aromatic carbocycles. The van der Waals surface area contributed by atoms with Gasteiger partial charge in [-0.15, -0.1) is 0 Å². The van der Waals surface area contributed by atoms with Crippen LogP contribution in [0.4, 0.5) is 4.79 Å². The molecule has 0 radical (unpaired) electrons. The average molecular weight is 343 g/mol. The van der Waals surface area contributed by atoms with Crippen LogP contribution >= 0.6 is 0 Å². The van der Waals surface area contributed by atoms with Crippen LogP contribution in [-0.2, 0) is 16.9 Å².